The average molecular weight is 299 g/mol. The monoisotopic (exact) mass is 299 g/mol. The molecule has 0 radical (unpaired) electrons. The van der Waals surface area contributed by atoms with Crippen molar-refractivity contribution in [2.24, 2.45) is 5.73 Å². The molecule has 0 fully saturated rings. The molecule has 3 heteroatoms. The van der Waals surface area contributed by atoms with Gasteiger partial charge in [0.1, 0.15) is 5.75 Å². The van der Waals surface area contributed by atoms with Gasteiger partial charge in [0.25, 0.3) is 0 Å². The lowest BCUT2D eigenvalue weighted by Crippen LogP contribution is -1.99. The topological polar surface area (TPSA) is 55.5 Å². The summed E-state index contributed by atoms with van der Waals surface area (Å²) in [6.07, 6.45) is 5.89. The molecule has 0 unspecified atom stereocenters. The highest BCUT2D eigenvalue weighted by Crippen LogP contribution is 2.33. The van der Waals surface area contributed by atoms with Gasteiger partial charge in [-0.05, 0) is 36.6 Å². The van der Waals surface area contributed by atoms with E-state index in [1.54, 1.807) is 6.07 Å². The van der Waals surface area contributed by atoms with Crippen molar-refractivity contribution in [2.45, 2.75) is 45.6 Å². The molecule has 2 aromatic carbocycles. The van der Waals surface area contributed by atoms with Gasteiger partial charge in [-0.15, -0.1) is 0 Å². The number of benzene rings is 2. The molecule has 0 aromatic heterocycles. The maximum Gasteiger partial charge on any atom is 0.169 e. The number of rotatable bonds is 8. The number of nitrogens with two attached hydrogens (primary N) is 1. The molecule has 0 spiro atoms. The number of ether oxygens (including phenoxy) is 1. The van der Waals surface area contributed by atoms with E-state index in [1.807, 2.05) is 36.4 Å². The standard InChI is InChI=1S/C19H25NO2/c1-2-3-4-5-8-15-11-12-19(17(21)13-15)22-18-10-7-6-9-16(18)14-20/h6-7,9-13,21H,2-5,8,14,20H2,1H3. The van der Waals surface area contributed by atoms with E-state index < -0.39 is 0 Å². The third-order valence-corrected chi connectivity index (χ3v) is 3.75. The third kappa shape index (κ3) is 4.50. The summed E-state index contributed by atoms with van der Waals surface area (Å²) in [5, 5.41) is 10.2. The lowest BCUT2D eigenvalue weighted by molar-refractivity contribution is 0.408. The quantitative estimate of drug-likeness (QED) is 0.691. The van der Waals surface area contributed by atoms with E-state index in [0.29, 0.717) is 18.0 Å². The normalized spacial score (nSPS) is 10.6. The molecule has 0 saturated carbocycles. The minimum absolute atomic E-state index is 0.180. The SMILES string of the molecule is CCCCCCc1ccc(Oc2ccccc2CN)c(O)c1. The van der Waals surface area contributed by atoms with Gasteiger partial charge >= 0.3 is 0 Å². The van der Waals surface area contributed by atoms with E-state index in [2.05, 4.69) is 6.92 Å². The van der Waals surface area contributed by atoms with Crippen LogP contribution < -0.4 is 10.5 Å². The van der Waals surface area contributed by atoms with Crippen LogP contribution in [0.4, 0.5) is 0 Å². The van der Waals surface area contributed by atoms with Crippen molar-refractivity contribution in [1.29, 1.82) is 0 Å². The van der Waals surface area contributed by atoms with Gasteiger partial charge in [-0.3, -0.25) is 0 Å². The first-order chi connectivity index (χ1) is 10.7. The molecule has 3 N–H and O–H groups in total. The number of phenols is 1. The largest absolute Gasteiger partial charge is 0.504 e. The number of hydrogen-bond donors (Lipinski definition) is 2. The van der Waals surface area contributed by atoms with E-state index in [0.717, 1.165) is 24.0 Å². The third-order valence-electron chi connectivity index (χ3n) is 3.75. The predicted molar refractivity (Wildman–Crippen MR) is 90.4 cm³/mol. The zero-order valence-electron chi connectivity index (χ0n) is 13.2. The summed E-state index contributed by atoms with van der Waals surface area (Å²) in [5.74, 6) is 1.34. The van der Waals surface area contributed by atoms with Crippen LogP contribution in [0.25, 0.3) is 0 Å². The van der Waals surface area contributed by atoms with E-state index in [1.165, 1.54) is 19.3 Å². The molecule has 118 valence electrons. The zero-order valence-corrected chi connectivity index (χ0v) is 13.2. The summed E-state index contributed by atoms with van der Waals surface area (Å²) in [6, 6.07) is 13.3. The lowest BCUT2D eigenvalue weighted by Gasteiger charge is -2.12. The molecule has 3 nitrogen and oxygen atoms in total. The van der Waals surface area contributed by atoms with Crippen LogP contribution in [0.15, 0.2) is 42.5 Å². The first kappa shape index (κ1) is 16.4. The maximum absolute atomic E-state index is 10.2. The lowest BCUT2D eigenvalue weighted by atomic mass is 10.1. The van der Waals surface area contributed by atoms with Crippen LogP contribution in [0.3, 0.4) is 0 Å². The minimum Gasteiger partial charge on any atom is -0.504 e. The average Bonchev–Trinajstić information content (AvgIpc) is 2.54. The van der Waals surface area contributed by atoms with Crippen molar-refractivity contribution in [1.82, 2.24) is 0 Å². The fourth-order valence-corrected chi connectivity index (χ4v) is 2.45. The van der Waals surface area contributed by atoms with Crippen LogP contribution in [0.5, 0.6) is 17.2 Å². The van der Waals surface area contributed by atoms with Crippen molar-refractivity contribution < 1.29 is 9.84 Å². The molecule has 0 aliphatic heterocycles. The summed E-state index contributed by atoms with van der Waals surface area (Å²) >= 11 is 0. The molecule has 0 saturated heterocycles. The van der Waals surface area contributed by atoms with E-state index in [4.69, 9.17) is 10.5 Å². The zero-order chi connectivity index (χ0) is 15.8. The van der Waals surface area contributed by atoms with Gasteiger partial charge in [0.05, 0.1) is 0 Å². The van der Waals surface area contributed by atoms with E-state index >= 15 is 0 Å². The van der Waals surface area contributed by atoms with Crippen LogP contribution >= 0.6 is 0 Å². The molecule has 0 aliphatic carbocycles. The van der Waals surface area contributed by atoms with Gasteiger partial charge in [0, 0.05) is 12.1 Å². The summed E-state index contributed by atoms with van der Waals surface area (Å²) < 4.78 is 5.80. The molecule has 2 rings (SSSR count). The summed E-state index contributed by atoms with van der Waals surface area (Å²) in [4.78, 5) is 0. The second-order valence-electron chi connectivity index (χ2n) is 5.53. The molecule has 0 aliphatic rings. The van der Waals surface area contributed by atoms with Crippen LogP contribution in [0.2, 0.25) is 0 Å². The molecule has 0 bridgehead atoms. The van der Waals surface area contributed by atoms with Crippen LogP contribution in [0, 0.1) is 0 Å². The van der Waals surface area contributed by atoms with Gasteiger partial charge in [0.15, 0.2) is 11.5 Å². The van der Waals surface area contributed by atoms with Crippen molar-refractivity contribution >= 4 is 0 Å². The highest BCUT2D eigenvalue weighted by Gasteiger charge is 2.08. The first-order valence-electron chi connectivity index (χ1n) is 8.02. The Hall–Kier alpha value is -2.00. The number of aromatic hydroxyl groups is 1. The van der Waals surface area contributed by atoms with Crippen LogP contribution in [0.1, 0.15) is 43.7 Å². The predicted octanol–water partition coefficient (Wildman–Crippen LogP) is 4.77. The number of hydrogen-bond acceptors (Lipinski definition) is 3. The number of para-hydroxylation sites is 1. The Kier molecular flexibility index (Phi) is 6.28. The number of unbranched alkanes of at least 4 members (excludes halogenated alkanes) is 3. The molecule has 0 heterocycles. The van der Waals surface area contributed by atoms with Crippen molar-refractivity contribution in [2.75, 3.05) is 0 Å². The second kappa shape index (κ2) is 8.44. The van der Waals surface area contributed by atoms with E-state index in [9.17, 15) is 5.11 Å². The molecule has 0 amide bonds. The van der Waals surface area contributed by atoms with Gasteiger partial charge in [-0.25, -0.2) is 0 Å². The smallest absolute Gasteiger partial charge is 0.169 e. The fraction of sp³-hybridized carbons (Fsp3) is 0.368. The Morgan fingerprint density at radius 3 is 2.55 bits per heavy atom. The maximum atomic E-state index is 10.2. The van der Waals surface area contributed by atoms with Gasteiger partial charge in [0.2, 0.25) is 0 Å². The van der Waals surface area contributed by atoms with Crippen LogP contribution in [-0.4, -0.2) is 5.11 Å². The van der Waals surface area contributed by atoms with Gasteiger partial charge in [-0.1, -0.05) is 50.5 Å². The Morgan fingerprint density at radius 2 is 1.82 bits per heavy atom. The summed E-state index contributed by atoms with van der Waals surface area (Å²) in [6.45, 7) is 2.61. The summed E-state index contributed by atoms with van der Waals surface area (Å²) in [7, 11) is 0. The van der Waals surface area contributed by atoms with Crippen molar-refractivity contribution in [3.63, 3.8) is 0 Å². The van der Waals surface area contributed by atoms with Gasteiger partial charge < -0.3 is 15.6 Å². The Morgan fingerprint density at radius 1 is 1.00 bits per heavy atom. The van der Waals surface area contributed by atoms with Crippen molar-refractivity contribution in [3.8, 4) is 17.2 Å². The van der Waals surface area contributed by atoms with Gasteiger partial charge in [-0.2, -0.15) is 0 Å². The highest BCUT2D eigenvalue weighted by atomic mass is 16.5. The Balaban J connectivity index is 2.03. The van der Waals surface area contributed by atoms with Crippen molar-refractivity contribution in [3.05, 3.63) is 53.6 Å². The fourth-order valence-electron chi connectivity index (χ4n) is 2.45. The molecule has 0 atom stereocenters. The number of aryl methyl sites for hydroxylation is 1. The molecule has 2 aromatic rings. The second-order valence-corrected chi connectivity index (χ2v) is 5.53. The molecular formula is C19H25NO2. The number of phenolic OH excluding ortho intramolecular Hbond substituents is 1. The van der Waals surface area contributed by atoms with Crippen LogP contribution in [-0.2, 0) is 13.0 Å². The molecular weight excluding hydrogens is 274 g/mol. The van der Waals surface area contributed by atoms with E-state index in [-0.39, 0.29) is 5.75 Å². The molecule has 22 heavy (non-hydrogen) atoms. The Labute approximate surface area is 132 Å². The Bertz CT molecular complexity index is 596. The highest BCUT2D eigenvalue weighted by molar-refractivity contribution is 5.46. The summed E-state index contributed by atoms with van der Waals surface area (Å²) in [5.41, 5.74) is 7.77. The first-order valence-corrected chi connectivity index (χ1v) is 8.02. The minimum atomic E-state index is 0.180.